The van der Waals surface area contributed by atoms with Gasteiger partial charge in [-0.2, -0.15) is 11.8 Å². The molecule has 1 N–H and O–H groups in total. The zero-order chi connectivity index (χ0) is 8.67. The van der Waals surface area contributed by atoms with Gasteiger partial charge in [0.25, 0.3) is 0 Å². The van der Waals surface area contributed by atoms with Gasteiger partial charge in [0, 0.05) is 22.9 Å². The second kappa shape index (κ2) is 2.81. The number of nitrogens with one attached hydrogen (secondary N) is 1. The third-order valence-electron chi connectivity index (χ3n) is 2.71. The molecule has 2 aromatic rings. The van der Waals surface area contributed by atoms with Gasteiger partial charge in [-0.25, -0.2) is 0 Å². The van der Waals surface area contributed by atoms with Gasteiger partial charge in [0.1, 0.15) is 0 Å². The maximum Gasteiger partial charge on any atom is 0.0457 e. The van der Waals surface area contributed by atoms with Crippen molar-refractivity contribution in [2.45, 2.75) is 12.2 Å². The number of aromatic nitrogens is 1. The molecule has 1 aliphatic rings. The molecule has 0 aliphatic carbocycles. The van der Waals surface area contributed by atoms with Gasteiger partial charge >= 0.3 is 0 Å². The third kappa shape index (κ3) is 1.09. The fourth-order valence-corrected chi connectivity index (χ4v) is 3.06. The van der Waals surface area contributed by atoms with Crippen LogP contribution in [-0.2, 0) is 12.2 Å². The molecule has 2 heterocycles. The lowest BCUT2D eigenvalue weighted by molar-refractivity contribution is 1.10. The first kappa shape index (κ1) is 7.51. The maximum absolute atomic E-state index is 3.26. The van der Waals surface area contributed by atoms with Gasteiger partial charge in [-0.05, 0) is 35.4 Å². The highest BCUT2D eigenvalue weighted by atomic mass is 32.2. The Bertz CT molecular complexity index is 444. The Morgan fingerprint density at radius 3 is 3.23 bits per heavy atom. The largest absolute Gasteiger partial charge is 0.361 e. The van der Waals surface area contributed by atoms with Gasteiger partial charge in [0.2, 0.25) is 0 Å². The van der Waals surface area contributed by atoms with Crippen LogP contribution in [0.1, 0.15) is 11.1 Å². The summed E-state index contributed by atoms with van der Waals surface area (Å²) in [5.41, 5.74) is 4.38. The Labute approximate surface area is 81.5 Å². The molecule has 1 aromatic carbocycles. The van der Waals surface area contributed by atoms with Crippen LogP contribution in [0.25, 0.3) is 10.9 Å². The lowest BCUT2D eigenvalue weighted by Gasteiger charge is -2.15. The Balaban J connectivity index is 2.34. The van der Waals surface area contributed by atoms with E-state index in [4.69, 9.17) is 0 Å². The quantitative estimate of drug-likeness (QED) is 0.673. The molecule has 2 heteroatoms. The molecule has 0 amide bonds. The molecular weight excluding hydrogens is 178 g/mol. The van der Waals surface area contributed by atoms with E-state index in [0.717, 1.165) is 0 Å². The molecule has 0 saturated carbocycles. The molecule has 0 unspecified atom stereocenters. The predicted molar refractivity (Wildman–Crippen MR) is 58.2 cm³/mol. The number of benzene rings is 1. The lowest BCUT2D eigenvalue weighted by Crippen LogP contribution is -2.01. The zero-order valence-corrected chi connectivity index (χ0v) is 8.16. The standard InChI is InChI=1S/C11H11NS/c1-2-11-9(3-5-12-11)10-7-13-6-4-8(1)10/h1-3,5,12H,4,6-7H2. The first-order valence-corrected chi connectivity index (χ1v) is 5.76. The van der Waals surface area contributed by atoms with Crippen LogP contribution in [0.4, 0.5) is 0 Å². The van der Waals surface area contributed by atoms with Crippen molar-refractivity contribution >= 4 is 22.7 Å². The second-order valence-corrected chi connectivity index (χ2v) is 4.55. The molecule has 0 atom stereocenters. The van der Waals surface area contributed by atoms with Crippen molar-refractivity contribution in [1.29, 1.82) is 0 Å². The summed E-state index contributed by atoms with van der Waals surface area (Å²) in [4.78, 5) is 3.26. The Morgan fingerprint density at radius 2 is 2.23 bits per heavy atom. The third-order valence-corrected chi connectivity index (χ3v) is 3.69. The zero-order valence-electron chi connectivity index (χ0n) is 7.34. The number of rotatable bonds is 0. The van der Waals surface area contributed by atoms with Crippen LogP contribution in [0.3, 0.4) is 0 Å². The number of H-pyrrole nitrogens is 1. The topological polar surface area (TPSA) is 15.8 Å². The van der Waals surface area contributed by atoms with Crippen LogP contribution in [0.2, 0.25) is 0 Å². The number of aryl methyl sites for hydroxylation is 1. The van der Waals surface area contributed by atoms with Crippen LogP contribution in [0.15, 0.2) is 24.4 Å². The molecule has 0 saturated heterocycles. The summed E-state index contributed by atoms with van der Waals surface area (Å²) in [6, 6.07) is 6.66. The molecule has 0 fully saturated rings. The molecular formula is C11H11NS. The average Bonchev–Trinajstić information content (AvgIpc) is 2.65. The number of fused-ring (bicyclic) bond motifs is 3. The van der Waals surface area contributed by atoms with Gasteiger partial charge in [-0.1, -0.05) is 6.07 Å². The fourth-order valence-electron chi connectivity index (χ4n) is 2.00. The summed E-state index contributed by atoms with van der Waals surface area (Å²) in [6.45, 7) is 0. The number of hydrogen-bond donors (Lipinski definition) is 1. The minimum absolute atomic E-state index is 1.19. The fraction of sp³-hybridized carbons (Fsp3) is 0.273. The van der Waals surface area contributed by atoms with Crippen molar-refractivity contribution in [3.8, 4) is 0 Å². The highest BCUT2D eigenvalue weighted by molar-refractivity contribution is 7.98. The van der Waals surface area contributed by atoms with E-state index < -0.39 is 0 Å². The van der Waals surface area contributed by atoms with Gasteiger partial charge in [-0.3, -0.25) is 0 Å². The maximum atomic E-state index is 3.26. The summed E-state index contributed by atoms with van der Waals surface area (Å²) < 4.78 is 0. The number of hydrogen-bond acceptors (Lipinski definition) is 1. The Hall–Kier alpha value is -0.890. The predicted octanol–water partition coefficient (Wildman–Crippen LogP) is 2.96. The first-order valence-electron chi connectivity index (χ1n) is 4.61. The van der Waals surface area contributed by atoms with E-state index in [0.29, 0.717) is 0 Å². The summed E-state index contributed by atoms with van der Waals surface area (Å²) in [5, 5.41) is 1.42. The number of aromatic amines is 1. The van der Waals surface area contributed by atoms with Gasteiger partial charge < -0.3 is 4.98 Å². The van der Waals surface area contributed by atoms with E-state index in [1.54, 1.807) is 11.1 Å². The van der Waals surface area contributed by atoms with Crippen molar-refractivity contribution in [2.24, 2.45) is 0 Å². The molecule has 13 heavy (non-hydrogen) atoms. The lowest BCUT2D eigenvalue weighted by atomic mass is 10.0. The Kier molecular flexibility index (Phi) is 1.62. The molecule has 1 aliphatic heterocycles. The van der Waals surface area contributed by atoms with E-state index in [9.17, 15) is 0 Å². The van der Waals surface area contributed by atoms with E-state index in [1.165, 1.54) is 28.8 Å². The molecule has 3 rings (SSSR count). The van der Waals surface area contributed by atoms with Crippen LogP contribution >= 0.6 is 11.8 Å². The van der Waals surface area contributed by atoms with Crippen LogP contribution in [0.5, 0.6) is 0 Å². The highest BCUT2D eigenvalue weighted by Crippen LogP contribution is 2.30. The monoisotopic (exact) mass is 189 g/mol. The minimum Gasteiger partial charge on any atom is -0.361 e. The van der Waals surface area contributed by atoms with Crippen molar-refractivity contribution < 1.29 is 0 Å². The highest BCUT2D eigenvalue weighted by Gasteiger charge is 2.12. The molecule has 0 spiro atoms. The smallest absolute Gasteiger partial charge is 0.0457 e. The molecule has 0 radical (unpaired) electrons. The summed E-state index contributed by atoms with van der Waals surface area (Å²) >= 11 is 2.04. The van der Waals surface area contributed by atoms with Crippen molar-refractivity contribution in [2.75, 3.05) is 5.75 Å². The van der Waals surface area contributed by atoms with Crippen LogP contribution in [0, 0.1) is 0 Å². The van der Waals surface area contributed by atoms with Gasteiger partial charge in [-0.15, -0.1) is 0 Å². The summed E-state index contributed by atoms with van der Waals surface area (Å²) in [5.74, 6) is 2.47. The van der Waals surface area contributed by atoms with Crippen LogP contribution in [-0.4, -0.2) is 10.7 Å². The molecule has 66 valence electrons. The van der Waals surface area contributed by atoms with Crippen LogP contribution < -0.4 is 0 Å². The second-order valence-electron chi connectivity index (χ2n) is 3.44. The summed E-state index contributed by atoms with van der Waals surface area (Å²) in [6.07, 6.45) is 3.27. The first-order chi connectivity index (χ1) is 6.45. The van der Waals surface area contributed by atoms with Gasteiger partial charge in [0.15, 0.2) is 0 Å². The normalized spacial score (nSPS) is 16.0. The van der Waals surface area contributed by atoms with Crippen molar-refractivity contribution in [3.05, 3.63) is 35.5 Å². The van der Waals surface area contributed by atoms with Crippen molar-refractivity contribution in [3.63, 3.8) is 0 Å². The van der Waals surface area contributed by atoms with Gasteiger partial charge in [0.05, 0.1) is 0 Å². The van der Waals surface area contributed by atoms with E-state index in [2.05, 4.69) is 23.2 Å². The van der Waals surface area contributed by atoms with Crippen molar-refractivity contribution in [1.82, 2.24) is 4.98 Å². The van der Waals surface area contributed by atoms with E-state index in [-0.39, 0.29) is 0 Å². The average molecular weight is 189 g/mol. The summed E-state index contributed by atoms with van der Waals surface area (Å²) in [7, 11) is 0. The molecule has 1 nitrogen and oxygen atoms in total. The SMILES string of the molecule is c1cc2c3c(ccc2[nH]1)CCSC3. The molecule has 0 bridgehead atoms. The minimum atomic E-state index is 1.19. The van der Waals surface area contributed by atoms with E-state index >= 15 is 0 Å². The Morgan fingerprint density at radius 1 is 1.23 bits per heavy atom. The molecule has 1 aromatic heterocycles. The number of thioether (sulfide) groups is 1. The van der Waals surface area contributed by atoms with E-state index in [1.807, 2.05) is 18.0 Å².